The van der Waals surface area contributed by atoms with Crippen LogP contribution in [0.3, 0.4) is 0 Å². The minimum absolute atomic E-state index is 0.250. The summed E-state index contributed by atoms with van der Waals surface area (Å²) >= 11 is 0. The average molecular weight is 142 g/mol. The number of nitrogens with two attached hydrogens (primary N) is 1. The van der Waals surface area contributed by atoms with Gasteiger partial charge in [0.2, 0.25) is 0 Å². The number of hydrogen-bond donors (Lipinski definition) is 2. The van der Waals surface area contributed by atoms with Gasteiger partial charge in [-0.1, -0.05) is 27.7 Å². The van der Waals surface area contributed by atoms with Crippen LogP contribution < -0.4 is 5.73 Å². The monoisotopic (exact) mass is 142 g/mol. The lowest BCUT2D eigenvalue weighted by Crippen LogP contribution is -2.30. The van der Waals surface area contributed by atoms with Crippen LogP contribution in [0.15, 0.2) is 0 Å². The molecule has 0 aliphatic heterocycles. The zero-order chi connectivity index (χ0) is 8.31. The van der Waals surface area contributed by atoms with Gasteiger partial charge in [0.05, 0.1) is 5.84 Å². The lowest BCUT2D eigenvalue weighted by molar-refractivity contribution is 0.377. The summed E-state index contributed by atoms with van der Waals surface area (Å²) in [6.45, 7) is 8.41. The lowest BCUT2D eigenvalue weighted by atomic mass is 9.85. The lowest BCUT2D eigenvalue weighted by Gasteiger charge is -2.22. The summed E-state index contributed by atoms with van der Waals surface area (Å²) in [6.07, 6.45) is 0. The van der Waals surface area contributed by atoms with Gasteiger partial charge in [-0.25, -0.2) is 0 Å². The Kier molecular flexibility index (Phi) is 3.40. The van der Waals surface area contributed by atoms with Crippen LogP contribution in [-0.4, -0.2) is 5.84 Å². The van der Waals surface area contributed by atoms with Crippen LogP contribution >= 0.6 is 0 Å². The van der Waals surface area contributed by atoms with Crippen molar-refractivity contribution in [1.82, 2.24) is 0 Å². The fourth-order valence-corrected chi connectivity index (χ4v) is 1.49. The van der Waals surface area contributed by atoms with Crippen molar-refractivity contribution >= 4 is 5.84 Å². The van der Waals surface area contributed by atoms with E-state index >= 15 is 0 Å². The summed E-state index contributed by atoms with van der Waals surface area (Å²) in [5, 5.41) is 7.29. The quantitative estimate of drug-likeness (QED) is 0.458. The fourth-order valence-electron chi connectivity index (χ4n) is 1.49. The van der Waals surface area contributed by atoms with E-state index in [1.807, 2.05) is 0 Å². The van der Waals surface area contributed by atoms with Gasteiger partial charge in [-0.3, -0.25) is 5.41 Å². The third-order valence-corrected chi connectivity index (χ3v) is 1.80. The first-order valence-electron chi connectivity index (χ1n) is 3.80. The summed E-state index contributed by atoms with van der Waals surface area (Å²) in [7, 11) is 0. The maximum atomic E-state index is 7.29. The first kappa shape index (κ1) is 9.47. The van der Waals surface area contributed by atoms with Crippen LogP contribution in [0.2, 0.25) is 0 Å². The molecule has 10 heavy (non-hydrogen) atoms. The summed E-state index contributed by atoms with van der Waals surface area (Å²) < 4.78 is 0. The molecule has 0 aromatic rings. The van der Waals surface area contributed by atoms with E-state index in [-0.39, 0.29) is 5.92 Å². The number of hydrogen-bond acceptors (Lipinski definition) is 1. The van der Waals surface area contributed by atoms with Crippen molar-refractivity contribution in [2.24, 2.45) is 23.5 Å². The van der Waals surface area contributed by atoms with E-state index in [9.17, 15) is 0 Å². The minimum atomic E-state index is 0.250. The Bertz CT molecular complexity index is 108. The molecule has 0 fully saturated rings. The highest BCUT2D eigenvalue weighted by Crippen LogP contribution is 2.19. The molecule has 3 N–H and O–H groups in total. The molecule has 0 heterocycles. The minimum Gasteiger partial charge on any atom is -0.387 e. The highest BCUT2D eigenvalue weighted by molar-refractivity contribution is 5.80. The van der Waals surface area contributed by atoms with E-state index in [0.29, 0.717) is 17.7 Å². The van der Waals surface area contributed by atoms with Gasteiger partial charge in [-0.2, -0.15) is 0 Å². The fraction of sp³-hybridized carbons (Fsp3) is 0.875. The van der Waals surface area contributed by atoms with E-state index in [1.165, 1.54) is 0 Å². The maximum absolute atomic E-state index is 7.29. The zero-order valence-corrected chi connectivity index (χ0v) is 7.31. The molecule has 0 aliphatic carbocycles. The van der Waals surface area contributed by atoms with Crippen molar-refractivity contribution in [2.75, 3.05) is 0 Å². The van der Waals surface area contributed by atoms with Crippen molar-refractivity contribution in [3.63, 3.8) is 0 Å². The highest BCUT2D eigenvalue weighted by atomic mass is 14.7. The summed E-state index contributed by atoms with van der Waals surface area (Å²) in [5.41, 5.74) is 5.42. The van der Waals surface area contributed by atoms with E-state index in [0.717, 1.165) is 0 Å². The van der Waals surface area contributed by atoms with Crippen LogP contribution in [0.1, 0.15) is 27.7 Å². The second-order valence-electron chi connectivity index (χ2n) is 3.47. The van der Waals surface area contributed by atoms with Crippen molar-refractivity contribution in [3.8, 4) is 0 Å². The van der Waals surface area contributed by atoms with Crippen molar-refractivity contribution in [3.05, 3.63) is 0 Å². The van der Waals surface area contributed by atoms with Crippen LogP contribution in [0.25, 0.3) is 0 Å². The SMILES string of the molecule is CC(C)C(C(=N)N)C(C)C. The number of amidine groups is 1. The van der Waals surface area contributed by atoms with Gasteiger partial charge >= 0.3 is 0 Å². The molecule has 0 bridgehead atoms. The molecule has 0 amide bonds. The molecule has 0 saturated heterocycles. The third kappa shape index (κ3) is 2.38. The van der Waals surface area contributed by atoms with Gasteiger partial charge in [0.1, 0.15) is 0 Å². The van der Waals surface area contributed by atoms with Crippen LogP contribution in [0, 0.1) is 23.2 Å². The molecule has 0 aromatic heterocycles. The van der Waals surface area contributed by atoms with Gasteiger partial charge in [-0.15, -0.1) is 0 Å². The molecular formula is C8H18N2. The molecule has 0 unspecified atom stereocenters. The Morgan fingerprint density at radius 1 is 1.10 bits per heavy atom. The Morgan fingerprint density at radius 3 is 1.40 bits per heavy atom. The predicted molar refractivity (Wildman–Crippen MR) is 45.1 cm³/mol. The Balaban J connectivity index is 4.12. The smallest absolute Gasteiger partial charge is 0.0942 e. The molecule has 2 nitrogen and oxygen atoms in total. The molecule has 0 rings (SSSR count). The van der Waals surface area contributed by atoms with Crippen LogP contribution in [0.4, 0.5) is 0 Å². The van der Waals surface area contributed by atoms with Gasteiger partial charge in [0.25, 0.3) is 0 Å². The van der Waals surface area contributed by atoms with E-state index in [1.54, 1.807) is 0 Å². The van der Waals surface area contributed by atoms with Crippen LogP contribution in [0.5, 0.6) is 0 Å². The molecule has 60 valence electrons. The van der Waals surface area contributed by atoms with Gasteiger partial charge < -0.3 is 5.73 Å². The summed E-state index contributed by atoms with van der Waals surface area (Å²) in [4.78, 5) is 0. The average Bonchev–Trinajstić information content (AvgIpc) is 1.59. The molecule has 0 saturated carbocycles. The largest absolute Gasteiger partial charge is 0.387 e. The number of rotatable bonds is 3. The topological polar surface area (TPSA) is 49.9 Å². The molecule has 0 spiro atoms. The molecule has 0 aromatic carbocycles. The zero-order valence-electron chi connectivity index (χ0n) is 7.31. The Hall–Kier alpha value is -0.530. The summed E-state index contributed by atoms with van der Waals surface area (Å²) in [5.74, 6) is 1.54. The number of nitrogens with one attached hydrogen (secondary N) is 1. The normalized spacial score (nSPS) is 11.5. The maximum Gasteiger partial charge on any atom is 0.0942 e. The van der Waals surface area contributed by atoms with E-state index < -0.39 is 0 Å². The summed E-state index contributed by atoms with van der Waals surface area (Å²) in [6, 6.07) is 0. The highest BCUT2D eigenvalue weighted by Gasteiger charge is 2.19. The van der Waals surface area contributed by atoms with E-state index in [4.69, 9.17) is 11.1 Å². The standard InChI is InChI=1S/C8H18N2/c1-5(2)7(6(3)4)8(9)10/h5-7H,1-4H3,(H3,9,10). The second kappa shape index (κ2) is 3.59. The van der Waals surface area contributed by atoms with Gasteiger partial charge in [-0.05, 0) is 11.8 Å². The Labute approximate surface area is 63.3 Å². The van der Waals surface area contributed by atoms with Crippen molar-refractivity contribution in [2.45, 2.75) is 27.7 Å². The van der Waals surface area contributed by atoms with Crippen molar-refractivity contribution < 1.29 is 0 Å². The molecular weight excluding hydrogens is 124 g/mol. The second-order valence-corrected chi connectivity index (χ2v) is 3.47. The molecule has 2 heteroatoms. The van der Waals surface area contributed by atoms with Crippen LogP contribution in [-0.2, 0) is 0 Å². The van der Waals surface area contributed by atoms with Crippen molar-refractivity contribution in [1.29, 1.82) is 5.41 Å². The van der Waals surface area contributed by atoms with Gasteiger partial charge in [0, 0.05) is 5.92 Å². The predicted octanol–water partition coefficient (Wildman–Crippen LogP) is 1.85. The van der Waals surface area contributed by atoms with Gasteiger partial charge in [0.15, 0.2) is 0 Å². The molecule has 0 aliphatic rings. The van der Waals surface area contributed by atoms with E-state index in [2.05, 4.69) is 27.7 Å². The molecule has 0 radical (unpaired) electrons. The molecule has 0 atom stereocenters. The first-order valence-corrected chi connectivity index (χ1v) is 3.80. The first-order chi connectivity index (χ1) is 4.46. The Morgan fingerprint density at radius 2 is 1.40 bits per heavy atom. The third-order valence-electron chi connectivity index (χ3n) is 1.80.